The molecule has 19 heavy (non-hydrogen) atoms. The van der Waals surface area contributed by atoms with Crippen LogP contribution >= 0.6 is 27.5 Å². The maximum Gasteiger partial charge on any atom is 0.131 e. The van der Waals surface area contributed by atoms with E-state index < -0.39 is 0 Å². The summed E-state index contributed by atoms with van der Waals surface area (Å²) in [4.78, 5) is 0. The molecule has 0 aliphatic carbocycles. The molecule has 0 spiro atoms. The summed E-state index contributed by atoms with van der Waals surface area (Å²) >= 11 is 9.68. The van der Waals surface area contributed by atoms with Crippen molar-refractivity contribution in [3.63, 3.8) is 0 Å². The lowest BCUT2D eigenvalue weighted by atomic mass is 10.2. The number of aryl methyl sites for hydroxylation is 2. The molecule has 0 saturated heterocycles. The zero-order valence-corrected chi connectivity index (χ0v) is 13.3. The molecule has 0 radical (unpaired) electrons. The lowest BCUT2D eigenvalue weighted by Gasteiger charge is -2.09. The first-order valence-corrected chi connectivity index (χ1v) is 7.65. The minimum atomic E-state index is 0.430. The highest BCUT2D eigenvalue weighted by Gasteiger charge is 2.12. The highest BCUT2D eigenvalue weighted by molar-refractivity contribution is 9.08. The van der Waals surface area contributed by atoms with Gasteiger partial charge < -0.3 is 4.74 Å². The van der Waals surface area contributed by atoms with Crippen LogP contribution in [-0.4, -0.2) is 9.78 Å². The van der Waals surface area contributed by atoms with Crippen molar-refractivity contribution < 1.29 is 4.74 Å². The predicted octanol–water partition coefficient (Wildman–Crippen LogP) is 4.34. The van der Waals surface area contributed by atoms with Gasteiger partial charge >= 0.3 is 0 Å². The number of hydrogen-bond donors (Lipinski definition) is 0. The van der Waals surface area contributed by atoms with Crippen LogP contribution in [0.3, 0.4) is 0 Å². The van der Waals surface area contributed by atoms with Crippen molar-refractivity contribution >= 4 is 27.5 Å². The molecule has 0 fully saturated rings. The van der Waals surface area contributed by atoms with E-state index in [0.29, 0.717) is 11.6 Å². The van der Waals surface area contributed by atoms with Crippen LogP contribution < -0.4 is 4.74 Å². The van der Waals surface area contributed by atoms with Crippen molar-refractivity contribution in [2.24, 2.45) is 0 Å². The van der Waals surface area contributed by atoms with Gasteiger partial charge in [0.05, 0.1) is 16.4 Å². The average molecular weight is 344 g/mol. The lowest BCUT2D eigenvalue weighted by molar-refractivity contribution is 0.292. The van der Waals surface area contributed by atoms with Crippen LogP contribution in [0.1, 0.15) is 23.9 Å². The van der Waals surface area contributed by atoms with Gasteiger partial charge in [0.2, 0.25) is 0 Å². The first kappa shape index (κ1) is 14.4. The van der Waals surface area contributed by atoms with Crippen molar-refractivity contribution in [2.45, 2.75) is 32.3 Å². The van der Waals surface area contributed by atoms with E-state index >= 15 is 0 Å². The normalized spacial score (nSPS) is 10.7. The van der Waals surface area contributed by atoms with Crippen molar-refractivity contribution in [1.82, 2.24) is 9.78 Å². The maximum absolute atomic E-state index is 6.25. The van der Waals surface area contributed by atoms with Crippen LogP contribution in [0.4, 0.5) is 0 Å². The average Bonchev–Trinajstić information content (AvgIpc) is 2.72. The van der Waals surface area contributed by atoms with Crippen LogP contribution in [-0.2, 0) is 18.5 Å². The van der Waals surface area contributed by atoms with Crippen LogP contribution in [0.25, 0.3) is 0 Å². The third-order valence-electron chi connectivity index (χ3n) is 2.88. The fourth-order valence-corrected chi connectivity index (χ4v) is 2.42. The van der Waals surface area contributed by atoms with Gasteiger partial charge in [-0.15, -0.1) is 0 Å². The Kier molecular flexibility index (Phi) is 4.88. The van der Waals surface area contributed by atoms with E-state index in [9.17, 15) is 0 Å². The van der Waals surface area contributed by atoms with E-state index in [0.717, 1.165) is 29.0 Å². The first-order valence-electron chi connectivity index (χ1n) is 6.15. The zero-order chi connectivity index (χ0) is 13.8. The Balaban J connectivity index is 2.14. The Hall–Kier alpha value is -1.000. The Morgan fingerprint density at radius 1 is 1.42 bits per heavy atom. The number of rotatable bonds is 5. The number of ether oxygens (including phenoxy) is 1. The van der Waals surface area contributed by atoms with E-state index in [1.807, 2.05) is 36.7 Å². The number of alkyl halides is 1. The van der Waals surface area contributed by atoms with Crippen molar-refractivity contribution in [3.05, 3.63) is 46.2 Å². The second-order valence-electron chi connectivity index (χ2n) is 4.23. The molecule has 0 saturated carbocycles. The smallest absolute Gasteiger partial charge is 0.131 e. The fourth-order valence-electron chi connectivity index (χ4n) is 1.88. The topological polar surface area (TPSA) is 27.1 Å². The molecule has 0 unspecified atom stereocenters. The summed E-state index contributed by atoms with van der Waals surface area (Å²) in [5.74, 6) is 0.842. The molecule has 0 bridgehead atoms. The molecule has 0 aliphatic heterocycles. The summed E-state index contributed by atoms with van der Waals surface area (Å²) in [7, 11) is 0. The predicted molar refractivity (Wildman–Crippen MR) is 81.1 cm³/mol. The Morgan fingerprint density at radius 2 is 2.21 bits per heavy atom. The van der Waals surface area contributed by atoms with E-state index in [1.165, 1.54) is 5.56 Å². The van der Waals surface area contributed by atoms with E-state index in [1.54, 1.807) is 0 Å². The fraction of sp³-hybridized carbons (Fsp3) is 0.357. The monoisotopic (exact) mass is 342 g/mol. The highest BCUT2D eigenvalue weighted by Crippen LogP contribution is 2.23. The van der Waals surface area contributed by atoms with Gasteiger partial charge in [-0.1, -0.05) is 39.7 Å². The van der Waals surface area contributed by atoms with E-state index in [-0.39, 0.29) is 0 Å². The Bertz CT molecular complexity index is 569. The third-order valence-corrected chi connectivity index (χ3v) is 4.02. The van der Waals surface area contributed by atoms with Gasteiger partial charge in [0.15, 0.2) is 0 Å². The second-order valence-corrected chi connectivity index (χ2v) is 5.17. The quantitative estimate of drug-likeness (QED) is 0.755. The summed E-state index contributed by atoms with van der Waals surface area (Å²) in [6.45, 7) is 5.16. The molecule has 2 rings (SSSR count). The Labute approximate surface area is 126 Å². The van der Waals surface area contributed by atoms with Crippen molar-refractivity contribution in [2.75, 3.05) is 0 Å². The maximum atomic E-state index is 6.25. The van der Waals surface area contributed by atoms with Gasteiger partial charge in [-0.25, -0.2) is 0 Å². The van der Waals surface area contributed by atoms with Crippen molar-refractivity contribution in [3.8, 4) is 5.75 Å². The SMILES string of the molecule is CCn1nc(C)c(Cl)c1COc1cccc(CBr)c1. The molecule has 3 nitrogen and oxygen atoms in total. The number of aromatic nitrogens is 2. The molecular weight excluding hydrogens is 328 g/mol. The van der Waals surface area contributed by atoms with Gasteiger partial charge in [0.25, 0.3) is 0 Å². The number of nitrogens with zero attached hydrogens (tertiary/aromatic N) is 2. The van der Waals surface area contributed by atoms with Gasteiger partial charge in [-0.3, -0.25) is 4.68 Å². The molecule has 5 heteroatoms. The largest absolute Gasteiger partial charge is 0.487 e. The molecule has 1 aromatic heterocycles. The molecule has 2 aromatic rings. The van der Waals surface area contributed by atoms with Gasteiger partial charge in [-0.05, 0) is 31.5 Å². The molecule has 1 heterocycles. The van der Waals surface area contributed by atoms with Crippen LogP contribution in [0.2, 0.25) is 5.02 Å². The summed E-state index contributed by atoms with van der Waals surface area (Å²) in [6.07, 6.45) is 0. The molecule has 0 N–H and O–H groups in total. The number of hydrogen-bond acceptors (Lipinski definition) is 2. The van der Waals surface area contributed by atoms with Crippen LogP contribution in [0.15, 0.2) is 24.3 Å². The third kappa shape index (κ3) is 3.31. The Morgan fingerprint density at radius 3 is 2.89 bits per heavy atom. The van der Waals surface area contributed by atoms with Gasteiger partial charge in [0, 0.05) is 11.9 Å². The summed E-state index contributed by atoms with van der Waals surface area (Å²) < 4.78 is 7.69. The second kappa shape index (κ2) is 6.44. The number of halogens is 2. The summed E-state index contributed by atoms with van der Waals surface area (Å²) in [5.41, 5.74) is 2.95. The highest BCUT2D eigenvalue weighted by atomic mass is 79.9. The minimum Gasteiger partial charge on any atom is -0.487 e. The summed E-state index contributed by atoms with van der Waals surface area (Å²) in [5, 5.41) is 5.88. The van der Waals surface area contributed by atoms with Gasteiger partial charge in [0.1, 0.15) is 12.4 Å². The van der Waals surface area contributed by atoms with Crippen LogP contribution in [0.5, 0.6) is 5.75 Å². The van der Waals surface area contributed by atoms with E-state index in [4.69, 9.17) is 16.3 Å². The molecule has 0 atom stereocenters. The zero-order valence-electron chi connectivity index (χ0n) is 11.0. The molecule has 1 aromatic carbocycles. The molecular formula is C14H16BrClN2O. The standard InChI is InChI=1S/C14H16BrClN2O/c1-3-18-13(14(16)10(2)17-18)9-19-12-6-4-5-11(7-12)8-15/h4-7H,3,8-9H2,1-2H3. The minimum absolute atomic E-state index is 0.430. The molecule has 0 aliphatic rings. The summed E-state index contributed by atoms with van der Waals surface area (Å²) in [6, 6.07) is 7.99. The first-order chi connectivity index (χ1) is 9.15. The van der Waals surface area contributed by atoms with Gasteiger partial charge in [-0.2, -0.15) is 5.10 Å². The van der Waals surface area contributed by atoms with Crippen LogP contribution in [0, 0.1) is 6.92 Å². The molecule has 102 valence electrons. The lowest BCUT2D eigenvalue weighted by Crippen LogP contribution is -2.06. The van der Waals surface area contributed by atoms with E-state index in [2.05, 4.69) is 27.1 Å². The molecule has 0 amide bonds. The number of benzene rings is 1. The van der Waals surface area contributed by atoms with Crippen molar-refractivity contribution in [1.29, 1.82) is 0 Å².